The van der Waals surface area contributed by atoms with Crippen LogP contribution in [0.4, 0.5) is 17.6 Å². The zero-order chi connectivity index (χ0) is 16.2. The summed E-state index contributed by atoms with van der Waals surface area (Å²) in [6.45, 7) is 4.68. The van der Waals surface area contributed by atoms with E-state index in [-0.39, 0.29) is 12.6 Å². The standard InChI is InChI=1S/C16H22N6O/c1-11-4-2-3-5-13(11)18-16-20-14(19-15(17)21-16)9-22-7-6-12(8-22)10-23/h2-5,12,23H,6-10H2,1H3,(H3,17,18,19,20,21). The molecule has 0 amide bonds. The number of hydrogen-bond acceptors (Lipinski definition) is 7. The van der Waals surface area contributed by atoms with Gasteiger partial charge in [-0.2, -0.15) is 15.0 Å². The first-order valence-corrected chi connectivity index (χ1v) is 7.80. The first-order chi connectivity index (χ1) is 11.1. The number of nitrogens with one attached hydrogen (secondary N) is 1. The molecule has 1 aromatic carbocycles. The van der Waals surface area contributed by atoms with E-state index in [9.17, 15) is 5.11 Å². The number of aromatic nitrogens is 3. The van der Waals surface area contributed by atoms with Gasteiger partial charge in [0.15, 0.2) is 0 Å². The molecule has 0 saturated carbocycles. The first-order valence-electron chi connectivity index (χ1n) is 7.80. The fourth-order valence-electron chi connectivity index (χ4n) is 2.80. The van der Waals surface area contributed by atoms with Crippen molar-refractivity contribution in [2.45, 2.75) is 19.9 Å². The fraction of sp³-hybridized carbons (Fsp3) is 0.438. The van der Waals surface area contributed by atoms with Gasteiger partial charge in [0.2, 0.25) is 11.9 Å². The number of benzene rings is 1. The zero-order valence-electron chi connectivity index (χ0n) is 13.2. The van der Waals surface area contributed by atoms with E-state index in [0.29, 0.717) is 24.2 Å². The van der Waals surface area contributed by atoms with Crippen LogP contribution in [0.2, 0.25) is 0 Å². The third-order valence-electron chi connectivity index (χ3n) is 4.08. The minimum Gasteiger partial charge on any atom is -0.396 e. The highest BCUT2D eigenvalue weighted by molar-refractivity contribution is 5.58. The van der Waals surface area contributed by atoms with Gasteiger partial charge in [-0.1, -0.05) is 18.2 Å². The Morgan fingerprint density at radius 1 is 1.30 bits per heavy atom. The van der Waals surface area contributed by atoms with Crippen molar-refractivity contribution in [2.24, 2.45) is 5.92 Å². The number of anilines is 3. The van der Waals surface area contributed by atoms with Gasteiger partial charge < -0.3 is 16.2 Å². The maximum absolute atomic E-state index is 9.23. The molecule has 1 fully saturated rings. The molecule has 1 saturated heterocycles. The second-order valence-electron chi connectivity index (χ2n) is 5.95. The molecule has 1 atom stereocenters. The Labute approximate surface area is 135 Å². The van der Waals surface area contributed by atoms with Crippen LogP contribution in [0.5, 0.6) is 0 Å². The van der Waals surface area contributed by atoms with E-state index in [1.807, 2.05) is 31.2 Å². The number of rotatable bonds is 5. The Kier molecular flexibility index (Phi) is 4.68. The van der Waals surface area contributed by atoms with Crippen molar-refractivity contribution in [3.63, 3.8) is 0 Å². The summed E-state index contributed by atoms with van der Waals surface area (Å²) in [7, 11) is 0. The second kappa shape index (κ2) is 6.89. The Morgan fingerprint density at radius 2 is 2.13 bits per heavy atom. The summed E-state index contributed by atoms with van der Waals surface area (Å²) in [5.41, 5.74) is 7.88. The molecule has 1 unspecified atom stereocenters. The Balaban J connectivity index is 1.73. The zero-order valence-corrected chi connectivity index (χ0v) is 13.2. The van der Waals surface area contributed by atoms with Gasteiger partial charge in [-0.25, -0.2) is 0 Å². The largest absolute Gasteiger partial charge is 0.396 e. The van der Waals surface area contributed by atoms with Gasteiger partial charge in [-0.15, -0.1) is 0 Å². The van der Waals surface area contributed by atoms with Gasteiger partial charge in [0.1, 0.15) is 5.82 Å². The third kappa shape index (κ3) is 3.94. The van der Waals surface area contributed by atoms with E-state index < -0.39 is 0 Å². The molecule has 7 nitrogen and oxygen atoms in total. The van der Waals surface area contributed by atoms with E-state index in [0.717, 1.165) is 30.8 Å². The van der Waals surface area contributed by atoms with Crippen LogP contribution in [0.15, 0.2) is 24.3 Å². The Hall–Kier alpha value is -2.25. The molecule has 3 rings (SSSR count). The number of nitrogen functional groups attached to an aromatic ring is 1. The number of likely N-dealkylation sites (tertiary alicyclic amines) is 1. The van der Waals surface area contributed by atoms with Gasteiger partial charge in [0.25, 0.3) is 0 Å². The summed E-state index contributed by atoms with van der Waals surface area (Å²) in [5, 5.41) is 12.4. The molecule has 1 aliphatic heterocycles. The summed E-state index contributed by atoms with van der Waals surface area (Å²) in [6.07, 6.45) is 1.01. The van der Waals surface area contributed by atoms with Crippen LogP contribution in [0, 0.1) is 12.8 Å². The first kappa shape index (κ1) is 15.6. The van der Waals surface area contributed by atoms with Crippen LogP contribution in [0.3, 0.4) is 0 Å². The van der Waals surface area contributed by atoms with Crippen molar-refractivity contribution in [1.82, 2.24) is 19.9 Å². The topological polar surface area (TPSA) is 100 Å². The normalized spacial score (nSPS) is 18.3. The highest BCUT2D eigenvalue weighted by atomic mass is 16.3. The Bertz CT molecular complexity index is 677. The lowest BCUT2D eigenvalue weighted by Crippen LogP contribution is -2.23. The number of nitrogens with zero attached hydrogens (tertiary/aromatic N) is 4. The quantitative estimate of drug-likeness (QED) is 0.765. The molecule has 1 aliphatic rings. The van der Waals surface area contributed by atoms with Crippen LogP contribution >= 0.6 is 0 Å². The highest BCUT2D eigenvalue weighted by Crippen LogP contribution is 2.20. The smallest absolute Gasteiger partial charge is 0.232 e. The van der Waals surface area contributed by atoms with Crippen molar-refractivity contribution in [1.29, 1.82) is 0 Å². The predicted molar refractivity (Wildman–Crippen MR) is 89.2 cm³/mol. The van der Waals surface area contributed by atoms with Gasteiger partial charge in [-0.05, 0) is 37.4 Å². The van der Waals surface area contributed by atoms with E-state index in [4.69, 9.17) is 5.73 Å². The third-order valence-corrected chi connectivity index (χ3v) is 4.08. The van der Waals surface area contributed by atoms with Gasteiger partial charge >= 0.3 is 0 Å². The molecule has 7 heteroatoms. The molecule has 23 heavy (non-hydrogen) atoms. The van der Waals surface area contributed by atoms with Crippen LogP contribution in [-0.2, 0) is 6.54 Å². The van der Waals surface area contributed by atoms with Gasteiger partial charge in [0.05, 0.1) is 6.54 Å². The summed E-state index contributed by atoms with van der Waals surface area (Å²) in [6, 6.07) is 7.94. The number of nitrogens with two attached hydrogens (primary N) is 1. The van der Waals surface area contributed by atoms with E-state index >= 15 is 0 Å². The minimum absolute atomic E-state index is 0.212. The van der Waals surface area contributed by atoms with E-state index in [1.54, 1.807) is 0 Å². The monoisotopic (exact) mass is 314 g/mol. The molecule has 0 bridgehead atoms. The maximum atomic E-state index is 9.23. The minimum atomic E-state index is 0.212. The summed E-state index contributed by atoms with van der Waals surface area (Å²) in [5.74, 6) is 1.66. The summed E-state index contributed by atoms with van der Waals surface area (Å²) in [4.78, 5) is 15.1. The molecule has 122 valence electrons. The summed E-state index contributed by atoms with van der Waals surface area (Å²) < 4.78 is 0. The lowest BCUT2D eigenvalue weighted by atomic mass is 10.1. The lowest BCUT2D eigenvalue weighted by Gasteiger charge is -2.15. The number of aliphatic hydroxyl groups is 1. The number of hydrogen-bond donors (Lipinski definition) is 3. The molecule has 1 aromatic heterocycles. The summed E-state index contributed by atoms with van der Waals surface area (Å²) >= 11 is 0. The average Bonchev–Trinajstić information content (AvgIpc) is 2.96. The van der Waals surface area contributed by atoms with Crippen molar-refractivity contribution in [3.8, 4) is 0 Å². The van der Waals surface area contributed by atoms with Crippen LogP contribution in [0.25, 0.3) is 0 Å². The van der Waals surface area contributed by atoms with E-state index in [1.165, 1.54) is 0 Å². The molecule has 0 aliphatic carbocycles. The molecule has 0 radical (unpaired) electrons. The average molecular weight is 314 g/mol. The van der Waals surface area contributed by atoms with Crippen molar-refractivity contribution in [2.75, 3.05) is 30.7 Å². The predicted octanol–water partition coefficient (Wildman–Crippen LogP) is 1.32. The maximum Gasteiger partial charge on any atom is 0.232 e. The van der Waals surface area contributed by atoms with Crippen molar-refractivity contribution in [3.05, 3.63) is 35.7 Å². The Morgan fingerprint density at radius 3 is 2.87 bits per heavy atom. The molecule has 2 aromatic rings. The fourth-order valence-corrected chi connectivity index (χ4v) is 2.80. The molecule has 2 heterocycles. The number of aryl methyl sites for hydroxylation is 1. The van der Waals surface area contributed by atoms with Crippen LogP contribution in [0.1, 0.15) is 17.8 Å². The lowest BCUT2D eigenvalue weighted by molar-refractivity contribution is 0.219. The SMILES string of the molecule is Cc1ccccc1Nc1nc(N)nc(CN2CCC(CO)C2)n1. The molecule has 0 spiro atoms. The van der Waals surface area contributed by atoms with Gasteiger partial charge in [0, 0.05) is 18.8 Å². The van der Waals surface area contributed by atoms with E-state index in [2.05, 4.69) is 25.2 Å². The van der Waals surface area contributed by atoms with Crippen molar-refractivity contribution >= 4 is 17.6 Å². The number of aliphatic hydroxyl groups excluding tert-OH is 1. The highest BCUT2D eigenvalue weighted by Gasteiger charge is 2.22. The number of para-hydroxylation sites is 1. The van der Waals surface area contributed by atoms with Crippen molar-refractivity contribution < 1.29 is 5.11 Å². The second-order valence-corrected chi connectivity index (χ2v) is 5.95. The molecular formula is C16H22N6O. The molecule has 4 N–H and O–H groups in total. The van der Waals surface area contributed by atoms with Crippen LogP contribution < -0.4 is 11.1 Å². The van der Waals surface area contributed by atoms with Crippen LogP contribution in [-0.4, -0.2) is 44.7 Å². The molecular weight excluding hydrogens is 292 g/mol. The van der Waals surface area contributed by atoms with Gasteiger partial charge in [-0.3, -0.25) is 4.90 Å².